The number of fused-ring (bicyclic) bond motifs is 3. The molecule has 4 rings (SSSR count). The molecule has 146 valence electrons. The zero-order chi connectivity index (χ0) is 17.9. The molecule has 0 radical (unpaired) electrons. The van der Waals surface area contributed by atoms with Crippen molar-refractivity contribution < 1.29 is 9.47 Å². The van der Waals surface area contributed by atoms with Crippen molar-refractivity contribution in [3.8, 4) is 5.75 Å². The van der Waals surface area contributed by atoms with Gasteiger partial charge < -0.3 is 20.1 Å². The summed E-state index contributed by atoms with van der Waals surface area (Å²) in [7, 11) is 1.70. The Kier molecular flexibility index (Phi) is 6.81. The van der Waals surface area contributed by atoms with Crippen molar-refractivity contribution in [3.05, 3.63) is 42.0 Å². The molecule has 3 atom stereocenters. The Morgan fingerprint density at radius 3 is 2.70 bits per heavy atom. The summed E-state index contributed by atoms with van der Waals surface area (Å²) in [4.78, 5) is 4.79. The van der Waals surface area contributed by atoms with E-state index in [1.807, 2.05) is 6.07 Å². The normalized spacial score (nSPS) is 23.9. The lowest BCUT2D eigenvalue weighted by Gasteiger charge is -2.22. The lowest BCUT2D eigenvalue weighted by Crippen LogP contribution is -2.47. The van der Waals surface area contributed by atoms with Crippen LogP contribution in [0.4, 0.5) is 0 Å². The van der Waals surface area contributed by atoms with Crippen LogP contribution in [0.2, 0.25) is 0 Å². The summed E-state index contributed by atoms with van der Waals surface area (Å²) in [5.74, 6) is 1.76. The number of hydrogen-bond acceptors (Lipinski definition) is 3. The summed E-state index contributed by atoms with van der Waals surface area (Å²) < 4.78 is 11.2. The third-order valence-electron chi connectivity index (χ3n) is 5.30. The minimum Gasteiger partial charge on any atom is -0.497 e. The number of benzene rings is 2. The van der Waals surface area contributed by atoms with Gasteiger partial charge in [0, 0.05) is 6.54 Å². The molecular formula is C21H28IN3O2. The summed E-state index contributed by atoms with van der Waals surface area (Å²) in [5.41, 5.74) is 1.20. The van der Waals surface area contributed by atoms with E-state index in [0.29, 0.717) is 24.8 Å². The van der Waals surface area contributed by atoms with Crippen LogP contribution >= 0.6 is 24.0 Å². The van der Waals surface area contributed by atoms with Gasteiger partial charge in [0.1, 0.15) is 5.75 Å². The lowest BCUT2D eigenvalue weighted by atomic mass is 9.96. The minimum absolute atomic E-state index is 0. The second-order valence-corrected chi connectivity index (χ2v) is 7.10. The predicted octanol–water partition coefficient (Wildman–Crippen LogP) is 3.84. The first kappa shape index (κ1) is 20.2. The van der Waals surface area contributed by atoms with E-state index in [-0.39, 0.29) is 24.0 Å². The van der Waals surface area contributed by atoms with Crippen LogP contribution in [0.25, 0.3) is 10.8 Å². The summed E-state index contributed by atoms with van der Waals surface area (Å²) in [6, 6.07) is 13.0. The summed E-state index contributed by atoms with van der Waals surface area (Å²) >= 11 is 0. The lowest BCUT2D eigenvalue weighted by molar-refractivity contribution is 0.0992. The van der Waals surface area contributed by atoms with Crippen LogP contribution in [-0.4, -0.2) is 37.9 Å². The van der Waals surface area contributed by atoms with E-state index in [2.05, 4.69) is 47.9 Å². The molecule has 3 unspecified atom stereocenters. The van der Waals surface area contributed by atoms with Gasteiger partial charge in [-0.05, 0) is 60.7 Å². The van der Waals surface area contributed by atoms with Gasteiger partial charge in [-0.15, -0.1) is 24.0 Å². The van der Waals surface area contributed by atoms with Gasteiger partial charge in [0.05, 0.1) is 31.9 Å². The van der Waals surface area contributed by atoms with Gasteiger partial charge in [-0.25, -0.2) is 4.99 Å². The molecule has 0 aromatic heterocycles. The summed E-state index contributed by atoms with van der Waals surface area (Å²) in [5, 5.41) is 9.31. The van der Waals surface area contributed by atoms with Crippen molar-refractivity contribution >= 4 is 40.7 Å². The fourth-order valence-corrected chi connectivity index (χ4v) is 3.95. The number of nitrogens with zero attached hydrogens (tertiary/aromatic N) is 1. The number of guanidine groups is 1. The summed E-state index contributed by atoms with van der Waals surface area (Å²) in [6.07, 6.45) is 4.25. The molecule has 2 aliphatic rings. The molecule has 2 fully saturated rings. The molecule has 2 aromatic carbocycles. The van der Waals surface area contributed by atoms with Crippen LogP contribution < -0.4 is 15.4 Å². The number of ether oxygens (including phenoxy) is 2. The summed E-state index contributed by atoms with van der Waals surface area (Å²) in [6.45, 7) is 3.60. The molecular weight excluding hydrogens is 453 g/mol. The maximum Gasteiger partial charge on any atom is 0.191 e. The largest absolute Gasteiger partial charge is 0.497 e. The average Bonchev–Trinajstić information content (AvgIpc) is 3.29. The number of rotatable bonds is 5. The highest BCUT2D eigenvalue weighted by Gasteiger charge is 2.41. The van der Waals surface area contributed by atoms with Crippen molar-refractivity contribution in [3.63, 3.8) is 0 Å². The van der Waals surface area contributed by atoms with Gasteiger partial charge in [-0.2, -0.15) is 0 Å². The highest BCUT2D eigenvalue weighted by Crippen LogP contribution is 2.34. The van der Waals surface area contributed by atoms with Crippen molar-refractivity contribution in [2.24, 2.45) is 4.99 Å². The van der Waals surface area contributed by atoms with Crippen molar-refractivity contribution in [1.82, 2.24) is 10.6 Å². The maximum atomic E-state index is 5.94. The van der Waals surface area contributed by atoms with Gasteiger partial charge in [-0.3, -0.25) is 0 Å². The smallest absolute Gasteiger partial charge is 0.191 e. The fraction of sp³-hybridized carbons (Fsp3) is 0.476. The molecule has 27 heavy (non-hydrogen) atoms. The standard InChI is InChI=1S/C21H27N3O2.HI/c1-3-22-21(24-19-12-18-8-9-20(19)26-18)23-13-14-4-5-16-11-17(25-2)7-6-15(16)10-14;/h4-7,10-11,18-20H,3,8-9,12-13H2,1-2H3,(H2,22,23,24);1H. The van der Waals surface area contributed by atoms with Crippen molar-refractivity contribution in [1.29, 1.82) is 0 Å². The molecule has 0 spiro atoms. The Balaban J connectivity index is 0.00000210. The second-order valence-electron chi connectivity index (χ2n) is 7.10. The third-order valence-corrected chi connectivity index (χ3v) is 5.30. The SMILES string of the molecule is CCNC(=NCc1ccc2cc(OC)ccc2c1)NC1CC2CCC1O2.I. The van der Waals surface area contributed by atoms with E-state index in [9.17, 15) is 0 Å². The first-order valence-corrected chi connectivity index (χ1v) is 9.52. The average molecular weight is 481 g/mol. The molecule has 6 heteroatoms. The van der Waals surface area contributed by atoms with Gasteiger partial charge in [0.2, 0.25) is 0 Å². The molecule has 2 heterocycles. The molecule has 0 saturated carbocycles. The van der Waals surface area contributed by atoms with Crippen molar-refractivity contribution in [2.75, 3.05) is 13.7 Å². The zero-order valence-corrected chi connectivity index (χ0v) is 18.2. The quantitative estimate of drug-likeness (QED) is 0.387. The highest BCUT2D eigenvalue weighted by molar-refractivity contribution is 14.0. The molecule has 5 nitrogen and oxygen atoms in total. The van der Waals surface area contributed by atoms with E-state index < -0.39 is 0 Å². The van der Waals surface area contributed by atoms with Gasteiger partial charge in [-0.1, -0.05) is 18.2 Å². The van der Waals surface area contributed by atoms with Crippen LogP contribution in [0, 0.1) is 0 Å². The number of aliphatic imine (C=N–C) groups is 1. The maximum absolute atomic E-state index is 5.94. The fourth-order valence-electron chi connectivity index (χ4n) is 3.95. The molecule has 2 saturated heterocycles. The third kappa shape index (κ3) is 4.66. The predicted molar refractivity (Wildman–Crippen MR) is 120 cm³/mol. The van der Waals surface area contributed by atoms with Crippen molar-refractivity contribution in [2.45, 2.75) is 51.0 Å². The van der Waals surface area contributed by atoms with Crippen LogP contribution in [0.1, 0.15) is 31.7 Å². The van der Waals surface area contributed by atoms with Crippen LogP contribution in [0.15, 0.2) is 41.4 Å². The van der Waals surface area contributed by atoms with Gasteiger partial charge in [0.15, 0.2) is 5.96 Å². The van der Waals surface area contributed by atoms with Gasteiger partial charge in [0.25, 0.3) is 0 Å². The van der Waals surface area contributed by atoms with E-state index >= 15 is 0 Å². The Bertz CT molecular complexity index is 811. The molecule has 2 aliphatic heterocycles. The molecule has 0 amide bonds. The monoisotopic (exact) mass is 481 g/mol. The van der Waals surface area contributed by atoms with E-state index in [1.54, 1.807) is 7.11 Å². The molecule has 2 bridgehead atoms. The Hall–Kier alpha value is -1.54. The topological polar surface area (TPSA) is 54.9 Å². The van der Waals surface area contributed by atoms with Crippen LogP contribution in [-0.2, 0) is 11.3 Å². The Morgan fingerprint density at radius 1 is 1.19 bits per heavy atom. The number of halogens is 1. The Labute approximate surface area is 177 Å². The van der Waals surface area contributed by atoms with E-state index in [4.69, 9.17) is 14.5 Å². The first-order chi connectivity index (χ1) is 12.7. The zero-order valence-electron chi connectivity index (χ0n) is 15.9. The highest BCUT2D eigenvalue weighted by atomic mass is 127. The second kappa shape index (κ2) is 9.10. The molecule has 2 N–H and O–H groups in total. The Morgan fingerprint density at radius 2 is 2.00 bits per heavy atom. The van der Waals surface area contributed by atoms with E-state index in [1.165, 1.54) is 22.8 Å². The number of hydrogen-bond donors (Lipinski definition) is 2. The molecule has 2 aromatic rings. The number of methoxy groups -OCH3 is 1. The van der Waals surface area contributed by atoms with Gasteiger partial charge >= 0.3 is 0 Å². The number of nitrogens with one attached hydrogen (secondary N) is 2. The molecule has 0 aliphatic carbocycles. The van der Waals surface area contributed by atoms with Crippen LogP contribution in [0.5, 0.6) is 5.75 Å². The minimum atomic E-state index is 0. The van der Waals surface area contributed by atoms with E-state index in [0.717, 1.165) is 31.1 Å². The van der Waals surface area contributed by atoms with Crippen LogP contribution in [0.3, 0.4) is 0 Å². The first-order valence-electron chi connectivity index (χ1n) is 9.52.